The third kappa shape index (κ3) is 2.16. The molecule has 0 aliphatic carbocycles. The van der Waals surface area contributed by atoms with E-state index in [4.69, 9.17) is 5.73 Å². The second kappa shape index (κ2) is 5.43. The largest absolute Gasteiger partial charge is 0.322 e. The summed E-state index contributed by atoms with van der Waals surface area (Å²) in [5.74, 6) is 0.436. The zero-order valence-corrected chi connectivity index (χ0v) is 12.0. The molecule has 0 unspecified atom stereocenters. The quantitative estimate of drug-likeness (QED) is 0.784. The van der Waals surface area contributed by atoms with Crippen molar-refractivity contribution in [1.82, 2.24) is 9.55 Å². The van der Waals surface area contributed by atoms with Gasteiger partial charge in [0.25, 0.3) is 5.56 Å². The Morgan fingerprint density at radius 3 is 2.55 bits per heavy atom. The summed E-state index contributed by atoms with van der Waals surface area (Å²) in [5.41, 5.74) is 7.25. The molecule has 108 valence electrons. The smallest absolute Gasteiger partial charge is 0.266 e. The van der Waals surface area contributed by atoms with Crippen LogP contribution in [-0.4, -0.2) is 9.55 Å². The Kier molecular flexibility index (Phi) is 3.45. The van der Waals surface area contributed by atoms with Gasteiger partial charge in [0.2, 0.25) is 0 Å². The van der Waals surface area contributed by atoms with Crippen LogP contribution in [0.3, 0.4) is 0 Å². The molecule has 0 amide bonds. The van der Waals surface area contributed by atoms with Crippen LogP contribution in [0.15, 0.2) is 53.3 Å². The van der Waals surface area contributed by atoms with Crippen LogP contribution in [0.2, 0.25) is 0 Å². The molecule has 5 heteroatoms. The fraction of sp³-hybridized carbons (Fsp3) is 0.118. The lowest BCUT2D eigenvalue weighted by Gasteiger charge is -2.16. The lowest BCUT2D eigenvalue weighted by atomic mass is 10.1. The zero-order valence-electron chi connectivity index (χ0n) is 12.0. The van der Waals surface area contributed by atoms with Crippen LogP contribution in [0.5, 0.6) is 0 Å². The number of aromatic nitrogens is 2. The van der Waals surface area contributed by atoms with Crippen LogP contribution in [0, 0.1) is 11.3 Å². The van der Waals surface area contributed by atoms with Crippen LogP contribution in [-0.2, 0) is 0 Å². The summed E-state index contributed by atoms with van der Waals surface area (Å²) in [6, 6.07) is 15.9. The second-order valence-electron chi connectivity index (χ2n) is 5.05. The van der Waals surface area contributed by atoms with Gasteiger partial charge in [-0.1, -0.05) is 24.3 Å². The van der Waals surface area contributed by atoms with Crippen molar-refractivity contribution in [3.05, 3.63) is 70.3 Å². The second-order valence-corrected chi connectivity index (χ2v) is 5.05. The normalized spacial score (nSPS) is 12.0. The highest BCUT2D eigenvalue weighted by atomic mass is 16.1. The Bertz CT molecular complexity index is 937. The van der Waals surface area contributed by atoms with Crippen LogP contribution >= 0.6 is 0 Å². The molecule has 0 bridgehead atoms. The van der Waals surface area contributed by atoms with E-state index in [0.29, 0.717) is 28.0 Å². The summed E-state index contributed by atoms with van der Waals surface area (Å²) < 4.78 is 1.51. The van der Waals surface area contributed by atoms with E-state index >= 15 is 0 Å². The number of hydrogen-bond acceptors (Lipinski definition) is 4. The van der Waals surface area contributed by atoms with E-state index in [0.717, 1.165) is 0 Å². The van der Waals surface area contributed by atoms with Gasteiger partial charge in [-0.3, -0.25) is 9.36 Å². The third-order valence-electron chi connectivity index (χ3n) is 3.47. The first-order valence-electron chi connectivity index (χ1n) is 6.90. The van der Waals surface area contributed by atoms with E-state index in [1.165, 1.54) is 4.57 Å². The molecule has 0 aliphatic rings. The SMILES string of the molecule is C[C@H](N)c1nc2c(C#N)cccc2c(=O)n1-c1ccccc1. The predicted molar refractivity (Wildman–Crippen MR) is 84.7 cm³/mol. The Balaban J connectivity index is 2.48. The van der Waals surface area contributed by atoms with Gasteiger partial charge in [-0.05, 0) is 31.2 Å². The first kappa shape index (κ1) is 14.0. The van der Waals surface area contributed by atoms with Gasteiger partial charge in [-0.2, -0.15) is 5.26 Å². The lowest BCUT2D eigenvalue weighted by molar-refractivity contribution is 0.696. The molecule has 1 heterocycles. The molecule has 0 fully saturated rings. The highest BCUT2D eigenvalue weighted by Crippen LogP contribution is 2.18. The Hall–Kier alpha value is -2.97. The van der Waals surface area contributed by atoms with Crippen molar-refractivity contribution in [3.63, 3.8) is 0 Å². The van der Waals surface area contributed by atoms with Gasteiger partial charge in [0.1, 0.15) is 11.9 Å². The van der Waals surface area contributed by atoms with E-state index in [1.807, 2.05) is 30.3 Å². The summed E-state index contributed by atoms with van der Waals surface area (Å²) in [4.78, 5) is 17.4. The number of nitriles is 1. The van der Waals surface area contributed by atoms with Gasteiger partial charge < -0.3 is 5.73 Å². The van der Waals surface area contributed by atoms with Crippen molar-refractivity contribution in [3.8, 4) is 11.8 Å². The highest BCUT2D eigenvalue weighted by molar-refractivity contribution is 5.83. The number of hydrogen-bond donors (Lipinski definition) is 1. The Morgan fingerprint density at radius 1 is 1.18 bits per heavy atom. The Morgan fingerprint density at radius 2 is 1.91 bits per heavy atom. The number of rotatable bonds is 2. The number of para-hydroxylation sites is 2. The van der Waals surface area contributed by atoms with Gasteiger partial charge >= 0.3 is 0 Å². The van der Waals surface area contributed by atoms with Gasteiger partial charge in [-0.25, -0.2) is 4.98 Å². The average molecular weight is 290 g/mol. The van der Waals surface area contributed by atoms with E-state index < -0.39 is 6.04 Å². The van der Waals surface area contributed by atoms with Crippen LogP contribution in [0.1, 0.15) is 24.4 Å². The van der Waals surface area contributed by atoms with Crippen LogP contribution in [0.25, 0.3) is 16.6 Å². The minimum Gasteiger partial charge on any atom is -0.322 e. The molecular weight excluding hydrogens is 276 g/mol. The number of nitrogens with two attached hydrogens (primary N) is 1. The Labute approximate surface area is 127 Å². The molecule has 22 heavy (non-hydrogen) atoms. The third-order valence-corrected chi connectivity index (χ3v) is 3.47. The molecule has 3 aromatic rings. The monoisotopic (exact) mass is 290 g/mol. The highest BCUT2D eigenvalue weighted by Gasteiger charge is 2.16. The van der Waals surface area contributed by atoms with E-state index in [-0.39, 0.29) is 5.56 Å². The van der Waals surface area contributed by atoms with E-state index in [1.54, 1.807) is 25.1 Å². The van der Waals surface area contributed by atoms with E-state index in [2.05, 4.69) is 11.1 Å². The van der Waals surface area contributed by atoms with Gasteiger partial charge in [0.05, 0.1) is 28.2 Å². The molecule has 2 N–H and O–H groups in total. The molecule has 1 aromatic heterocycles. The standard InChI is InChI=1S/C17H14N4O/c1-11(19)16-20-15-12(10-18)6-5-9-14(15)17(22)21(16)13-7-3-2-4-8-13/h2-9,11H,19H2,1H3/t11-/m0/s1. The average Bonchev–Trinajstić information content (AvgIpc) is 2.55. The molecule has 0 saturated carbocycles. The van der Waals surface area contributed by atoms with Gasteiger partial charge in [-0.15, -0.1) is 0 Å². The number of fused-ring (bicyclic) bond motifs is 1. The summed E-state index contributed by atoms with van der Waals surface area (Å²) in [6.07, 6.45) is 0. The van der Waals surface area contributed by atoms with Gasteiger partial charge in [0, 0.05) is 0 Å². The zero-order chi connectivity index (χ0) is 15.7. The first-order valence-corrected chi connectivity index (χ1v) is 6.90. The van der Waals surface area contributed by atoms with Crippen molar-refractivity contribution in [2.24, 2.45) is 5.73 Å². The fourth-order valence-corrected chi connectivity index (χ4v) is 2.45. The molecule has 0 spiro atoms. The molecule has 1 atom stereocenters. The predicted octanol–water partition coefficient (Wildman–Crippen LogP) is 2.28. The summed E-state index contributed by atoms with van der Waals surface area (Å²) in [6.45, 7) is 1.77. The number of nitrogens with zero attached hydrogens (tertiary/aromatic N) is 3. The van der Waals surface area contributed by atoms with Crippen molar-refractivity contribution >= 4 is 10.9 Å². The fourth-order valence-electron chi connectivity index (χ4n) is 2.45. The molecule has 0 aliphatic heterocycles. The maximum atomic E-state index is 12.9. The minimum absolute atomic E-state index is 0.222. The molecule has 3 rings (SSSR count). The maximum absolute atomic E-state index is 12.9. The summed E-state index contributed by atoms with van der Waals surface area (Å²) >= 11 is 0. The molecule has 0 radical (unpaired) electrons. The van der Waals surface area contributed by atoms with Crippen molar-refractivity contribution in [1.29, 1.82) is 5.26 Å². The summed E-state index contributed by atoms with van der Waals surface area (Å²) in [5, 5.41) is 9.62. The summed E-state index contributed by atoms with van der Waals surface area (Å²) in [7, 11) is 0. The molecule has 0 saturated heterocycles. The van der Waals surface area contributed by atoms with Crippen molar-refractivity contribution in [2.75, 3.05) is 0 Å². The van der Waals surface area contributed by atoms with Crippen LogP contribution in [0.4, 0.5) is 0 Å². The van der Waals surface area contributed by atoms with Crippen LogP contribution < -0.4 is 11.3 Å². The molecule has 2 aromatic carbocycles. The minimum atomic E-state index is -0.441. The van der Waals surface area contributed by atoms with Crippen molar-refractivity contribution < 1.29 is 0 Å². The molecular formula is C17H14N4O. The van der Waals surface area contributed by atoms with Gasteiger partial charge in [0.15, 0.2) is 0 Å². The van der Waals surface area contributed by atoms with E-state index in [9.17, 15) is 10.1 Å². The molecule has 5 nitrogen and oxygen atoms in total. The van der Waals surface area contributed by atoms with Crippen molar-refractivity contribution in [2.45, 2.75) is 13.0 Å². The maximum Gasteiger partial charge on any atom is 0.266 e. The lowest BCUT2D eigenvalue weighted by Crippen LogP contribution is -2.27. The topological polar surface area (TPSA) is 84.7 Å². The first-order chi connectivity index (χ1) is 10.6. The number of benzene rings is 2.